The predicted octanol–water partition coefficient (Wildman–Crippen LogP) is 3.45. The summed E-state index contributed by atoms with van der Waals surface area (Å²) in [5.41, 5.74) is 1.58. The fourth-order valence-corrected chi connectivity index (χ4v) is 4.29. The molecule has 1 aliphatic carbocycles. The molecule has 1 heterocycles. The van der Waals surface area contributed by atoms with Crippen molar-refractivity contribution in [2.45, 2.75) is 30.2 Å². The molecule has 0 unspecified atom stereocenters. The molecule has 0 atom stereocenters. The van der Waals surface area contributed by atoms with Gasteiger partial charge in [-0.05, 0) is 25.0 Å². The Morgan fingerprint density at radius 1 is 1.23 bits per heavy atom. The van der Waals surface area contributed by atoms with Crippen molar-refractivity contribution >= 4 is 21.6 Å². The van der Waals surface area contributed by atoms with E-state index in [1.165, 1.54) is 24.7 Å². The fourth-order valence-electron chi connectivity index (χ4n) is 2.70. The number of ether oxygens (including phenoxy) is 2. The molecule has 0 saturated heterocycles. The summed E-state index contributed by atoms with van der Waals surface area (Å²) in [5, 5.41) is 0.204. The predicted molar refractivity (Wildman–Crippen MR) is 99.4 cm³/mol. The number of rotatable bonds is 7. The van der Waals surface area contributed by atoms with Crippen LogP contribution in [0.3, 0.4) is 0 Å². The summed E-state index contributed by atoms with van der Waals surface area (Å²) in [5.74, 6) is 1.60. The van der Waals surface area contributed by atoms with Gasteiger partial charge in [0.2, 0.25) is 10.0 Å². The summed E-state index contributed by atoms with van der Waals surface area (Å²) < 4.78 is 37.6. The maximum atomic E-state index is 12.9. The first-order chi connectivity index (χ1) is 12.4. The molecule has 1 fully saturated rings. The standard InChI is InChI=1S/C18H21ClN2O4S/c1-21(11-13-6-7-14(24-2)8-17(13)25-3)26(22,23)18-10-20-16(9-15(18)19)12-4-5-12/h6-10,12H,4-5,11H2,1-3H3. The molecule has 2 aromatic rings. The van der Waals surface area contributed by atoms with E-state index < -0.39 is 10.0 Å². The van der Waals surface area contributed by atoms with Crippen molar-refractivity contribution in [3.05, 3.63) is 46.7 Å². The summed E-state index contributed by atoms with van der Waals surface area (Å²) in [7, 11) is 0.818. The number of sulfonamides is 1. The molecule has 0 radical (unpaired) electrons. The Balaban J connectivity index is 1.85. The number of halogens is 1. The molecule has 0 spiro atoms. The lowest BCUT2D eigenvalue weighted by Gasteiger charge is -2.19. The fraction of sp³-hybridized carbons (Fsp3) is 0.389. The molecule has 140 valence electrons. The van der Waals surface area contributed by atoms with E-state index in [4.69, 9.17) is 21.1 Å². The Labute approximate surface area is 158 Å². The van der Waals surface area contributed by atoms with Gasteiger partial charge in [0.05, 0.1) is 19.2 Å². The van der Waals surface area contributed by atoms with E-state index in [-0.39, 0.29) is 16.5 Å². The first-order valence-electron chi connectivity index (χ1n) is 8.19. The van der Waals surface area contributed by atoms with Gasteiger partial charge in [-0.25, -0.2) is 8.42 Å². The van der Waals surface area contributed by atoms with Gasteiger partial charge < -0.3 is 9.47 Å². The summed E-state index contributed by atoms with van der Waals surface area (Å²) >= 11 is 6.24. The van der Waals surface area contributed by atoms with Gasteiger partial charge in [0.1, 0.15) is 16.4 Å². The van der Waals surface area contributed by atoms with Gasteiger partial charge >= 0.3 is 0 Å². The van der Waals surface area contributed by atoms with E-state index in [9.17, 15) is 8.42 Å². The second-order valence-electron chi connectivity index (χ2n) is 6.25. The molecular weight excluding hydrogens is 376 g/mol. The normalized spacial score (nSPS) is 14.5. The summed E-state index contributed by atoms with van der Waals surface area (Å²) in [4.78, 5) is 4.29. The Morgan fingerprint density at radius 3 is 2.54 bits per heavy atom. The molecule has 0 bridgehead atoms. The Morgan fingerprint density at radius 2 is 1.96 bits per heavy atom. The molecule has 1 aromatic heterocycles. The van der Waals surface area contributed by atoms with E-state index in [0.717, 1.165) is 24.1 Å². The van der Waals surface area contributed by atoms with Crippen molar-refractivity contribution in [3.63, 3.8) is 0 Å². The molecule has 0 aliphatic heterocycles. The van der Waals surface area contributed by atoms with Crippen LogP contribution in [-0.2, 0) is 16.6 Å². The molecule has 0 N–H and O–H groups in total. The highest BCUT2D eigenvalue weighted by atomic mass is 35.5. The monoisotopic (exact) mass is 396 g/mol. The van der Waals surface area contributed by atoms with Crippen LogP contribution in [0.1, 0.15) is 30.0 Å². The van der Waals surface area contributed by atoms with Gasteiger partial charge in [-0.2, -0.15) is 4.31 Å². The third-order valence-corrected chi connectivity index (χ3v) is 6.67. The summed E-state index contributed by atoms with van der Waals surface area (Å²) in [6.45, 7) is 0.135. The maximum absolute atomic E-state index is 12.9. The SMILES string of the molecule is COc1ccc(CN(C)S(=O)(=O)c2cnc(C3CC3)cc2Cl)c(OC)c1. The number of benzene rings is 1. The average molecular weight is 397 g/mol. The third kappa shape index (κ3) is 3.79. The van der Waals surface area contributed by atoms with Crippen LogP contribution in [0.2, 0.25) is 5.02 Å². The van der Waals surface area contributed by atoms with E-state index in [1.807, 2.05) is 0 Å². The zero-order valence-electron chi connectivity index (χ0n) is 14.9. The zero-order chi connectivity index (χ0) is 18.9. The topological polar surface area (TPSA) is 68.7 Å². The lowest BCUT2D eigenvalue weighted by atomic mass is 10.2. The largest absolute Gasteiger partial charge is 0.497 e. The van der Waals surface area contributed by atoms with Gasteiger partial charge in [0, 0.05) is 43.0 Å². The number of hydrogen-bond donors (Lipinski definition) is 0. The van der Waals surface area contributed by atoms with Crippen molar-refractivity contribution in [1.82, 2.24) is 9.29 Å². The van der Waals surface area contributed by atoms with E-state index in [0.29, 0.717) is 17.4 Å². The smallest absolute Gasteiger partial charge is 0.246 e. The van der Waals surface area contributed by atoms with Crippen molar-refractivity contribution < 1.29 is 17.9 Å². The molecule has 0 amide bonds. The van der Waals surface area contributed by atoms with Gasteiger partial charge in [-0.15, -0.1) is 0 Å². The van der Waals surface area contributed by atoms with Crippen LogP contribution >= 0.6 is 11.6 Å². The van der Waals surface area contributed by atoms with Crippen LogP contribution in [0.5, 0.6) is 11.5 Å². The van der Waals surface area contributed by atoms with E-state index >= 15 is 0 Å². The van der Waals surface area contributed by atoms with Crippen molar-refractivity contribution in [2.24, 2.45) is 0 Å². The first kappa shape index (κ1) is 18.9. The van der Waals surface area contributed by atoms with Gasteiger partial charge in [0.25, 0.3) is 0 Å². The maximum Gasteiger partial charge on any atom is 0.246 e. The third-order valence-electron chi connectivity index (χ3n) is 4.41. The molecule has 6 nitrogen and oxygen atoms in total. The first-order valence-corrected chi connectivity index (χ1v) is 10.0. The molecular formula is C18H21ClN2O4S. The van der Waals surface area contributed by atoms with Crippen molar-refractivity contribution in [1.29, 1.82) is 0 Å². The Bertz CT molecular complexity index is 913. The number of aromatic nitrogens is 1. The quantitative estimate of drug-likeness (QED) is 0.717. The van der Waals surface area contributed by atoms with Crippen molar-refractivity contribution in [3.8, 4) is 11.5 Å². The molecule has 8 heteroatoms. The van der Waals surface area contributed by atoms with Crippen LogP contribution in [0, 0.1) is 0 Å². The highest BCUT2D eigenvalue weighted by molar-refractivity contribution is 7.89. The second-order valence-corrected chi connectivity index (χ2v) is 8.67. The lowest BCUT2D eigenvalue weighted by Crippen LogP contribution is -2.27. The summed E-state index contributed by atoms with van der Waals surface area (Å²) in [6.07, 6.45) is 3.51. The van der Waals surface area contributed by atoms with Crippen LogP contribution in [0.15, 0.2) is 35.4 Å². The van der Waals surface area contributed by atoms with E-state index in [1.54, 1.807) is 31.4 Å². The van der Waals surface area contributed by atoms with Gasteiger partial charge in [0.15, 0.2) is 0 Å². The molecule has 1 aromatic carbocycles. The number of nitrogens with zero attached hydrogens (tertiary/aromatic N) is 2. The highest BCUT2D eigenvalue weighted by Gasteiger charge is 2.29. The minimum Gasteiger partial charge on any atom is -0.497 e. The van der Waals surface area contributed by atoms with Crippen LogP contribution in [0.25, 0.3) is 0 Å². The van der Waals surface area contributed by atoms with Gasteiger partial charge in [-0.3, -0.25) is 4.98 Å². The second kappa shape index (κ2) is 7.42. The molecule has 26 heavy (non-hydrogen) atoms. The minimum absolute atomic E-state index is 0.0125. The Hall–Kier alpha value is -1.83. The average Bonchev–Trinajstić information content (AvgIpc) is 3.46. The molecule has 1 saturated carbocycles. The molecule has 1 aliphatic rings. The van der Waals surface area contributed by atoms with Crippen LogP contribution in [-0.4, -0.2) is 39.0 Å². The summed E-state index contributed by atoms with van der Waals surface area (Å²) in [6, 6.07) is 6.92. The zero-order valence-corrected chi connectivity index (χ0v) is 16.5. The lowest BCUT2D eigenvalue weighted by molar-refractivity contribution is 0.384. The van der Waals surface area contributed by atoms with Crippen molar-refractivity contribution in [2.75, 3.05) is 21.3 Å². The number of pyridine rings is 1. The highest BCUT2D eigenvalue weighted by Crippen LogP contribution is 2.40. The molecule has 3 rings (SSSR count). The van der Waals surface area contributed by atoms with Crippen LogP contribution in [0.4, 0.5) is 0 Å². The van der Waals surface area contributed by atoms with E-state index in [2.05, 4.69) is 4.98 Å². The number of methoxy groups -OCH3 is 2. The Kier molecular flexibility index (Phi) is 5.41. The minimum atomic E-state index is -3.78. The van der Waals surface area contributed by atoms with Gasteiger partial charge in [-0.1, -0.05) is 17.7 Å². The van der Waals surface area contributed by atoms with Crippen LogP contribution < -0.4 is 9.47 Å². The number of hydrogen-bond acceptors (Lipinski definition) is 5.